The highest BCUT2D eigenvalue weighted by Gasteiger charge is 2.22. The summed E-state index contributed by atoms with van der Waals surface area (Å²) in [6.45, 7) is 2.10. The second-order valence-corrected chi connectivity index (χ2v) is 8.12. The molecule has 0 spiro atoms. The van der Waals surface area contributed by atoms with Gasteiger partial charge < -0.3 is 5.32 Å². The van der Waals surface area contributed by atoms with E-state index in [4.69, 9.17) is 0 Å². The smallest absolute Gasteiger partial charge is 0.279 e. The molecule has 5 nitrogen and oxygen atoms in total. The largest absolute Gasteiger partial charge is 0.314 e. The second kappa shape index (κ2) is 7.73. The first kappa shape index (κ1) is 16.2. The molecule has 0 saturated heterocycles. The Bertz CT molecular complexity index is 376. The van der Waals surface area contributed by atoms with Crippen LogP contribution in [0.25, 0.3) is 0 Å². The van der Waals surface area contributed by atoms with Gasteiger partial charge in [-0.05, 0) is 44.6 Å². The van der Waals surface area contributed by atoms with Crippen LogP contribution in [-0.2, 0) is 10.2 Å². The van der Waals surface area contributed by atoms with Gasteiger partial charge in [-0.2, -0.15) is 12.7 Å². The van der Waals surface area contributed by atoms with Crippen molar-refractivity contribution < 1.29 is 8.42 Å². The molecule has 2 saturated carbocycles. The monoisotopic (exact) mass is 303 g/mol. The van der Waals surface area contributed by atoms with E-state index in [-0.39, 0.29) is 0 Å². The molecule has 20 heavy (non-hydrogen) atoms. The van der Waals surface area contributed by atoms with Crippen LogP contribution in [-0.4, -0.2) is 45.4 Å². The molecule has 2 N–H and O–H groups in total. The summed E-state index contributed by atoms with van der Waals surface area (Å²) in [5.41, 5.74) is 0. The normalized spacial score (nSPS) is 21.5. The van der Waals surface area contributed by atoms with Crippen LogP contribution in [0.5, 0.6) is 0 Å². The van der Waals surface area contributed by atoms with Crippen LogP contribution in [0.15, 0.2) is 0 Å². The predicted molar refractivity (Wildman–Crippen MR) is 81.8 cm³/mol. The van der Waals surface area contributed by atoms with Crippen molar-refractivity contribution in [1.29, 1.82) is 0 Å². The van der Waals surface area contributed by atoms with Gasteiger partial charge in [0.2, 0.25) is 0 Å². The van der Waals surface area contributed by atoms with Gasteiger partial charge in [-0.1, -0.05) is 19.3 Å². The van der Waals surface area contributed by atoms with E-state index in [0.29, 0.717) is 25.0 Å². The van der Waals surface area contributed by atoms with Crippen LogP contribution < -0.4 is 10.0 Å². The van der Waals surface area contributed by atoms with Crippen molar-refractivity contribution in [3.05, 3.63) is 0 Å². The molecule has 0 aliphatic heterocycles. The van der Waals surface area contributed by atoms with Crippen molar-refractivity contribution in [2.24, 2.45) is 5.92 Å². The van der Waals surface area contributed by atoms with Gasteiger partial charge in [-0.3, -0.25) is 0 Å². The van der Waals surface area contributed by atoms with Crippen LogP contribution in [0.1, 0.15) is 51.4 Å². The van der Waals surface area contributed by atoms with Gasteiger partial charge in [-0.25, -0.2) is 4.72 Å². The first-order valence-corrected chi connectivity index (χ1v) is 9.46. The summed E-state index contributed by atoms with van der Waals surface area (Å²) in [5, 5.41) is 3.41. The van der Waals surface area contributed by atoms with Gasteiger partial charge in [0.15, 0.2) is 0 Å². The maximum absolute atomic E-state index is 12.1. The average molecular weight is 303 g/mol. The number of hydrogen-bond donors (Lipinski definition) is 2. The zero-order chi connectivity index (χ0) is 14.4. The van der Waals surface area contributed by atoms with Gasteiger partial charge in [-0.15, -0.1) is 0 Å². The fourth-order valence-corrected chi connectivity index (χ4v) is 3.78. The standard InChI is InChI=1S/C14H29N3O2S/c1-17(11-5-10-15-14-8-9-14)20(18,19)16-12-13-6-3-2-4-7-13/h13-16H,2-12H2,1H3. The lowest BCUT2D eigenvalue weighted by atomic mass is 9.90. The van der Waals surface area contributed by atoms with Crippen molar-refractivity contribution in [2.45, 2.75) is 57.4 Å². The van der Waals surface area contributed by atoms with E-state index in [2.05, 4.69) is 10.0 Å². The average Bonchev–Trinajstić information content (AvgIpc) is 3.26. The first-order chi connectivity index (χ1) is 9.58. The van der Waals surface area contributed by atoms with E-state index >= 15 is 0 Å². The van der Waals surface area contributed by atoms with Crippen molar-refractivity contribution in [1.82, 2.24) is 14.3 Å². The van der Waals surface area contributed by atoms with Crippen LogP contribution in [0.3, 0.4) is 0 Å². The predicted octanol–water partition coefficient (Wildman–Crippen LogP) is 1.47. The molecule has 118 valence electrons. The van der Waals surface area contributed by atoms with Crippen molar-refractivity contribution >= 4 is 10.2 Å². The molecule has 2 fully saturated rings. The highest BCUT2D eigenvalue weighted by atomic mass is 32.2. The maximum Gasteiger partial charge on any atom is 0.279 e. The molecule has 2 aliphatic carbocycles. The van der Waals surface area contributed by atoms with Crippen molar-refractivity contribution in [2.75, 3.05) is 26.7 Å². The molecular weight excluding hydrogens is 274 g/mol. The van der Waals surface area contributed by atoms with Gasteiger partial charge >= 0.3 is 0 Å². The summed E-state index contributed by atoms with van der Waals surface area (Å²) in [6.07, 6.45) is 9.54. The Morgan fingerprint density at radius 3 is 2.45 bits per heavy atom. The fourth-order valence-electron chi connectivity index (χ4n) is 2.74. The minimum atomic E-state index is -3.29. The maximum atomic E-state index is 12.1. The van der Waals surface area contributed by atoms with E-state index in [1.165, 1.54) is 36.4 Å². The van der Waals surface area contributed by atoms with E-state index in [1.54, 1.807) is 7.05 Å². The Hall–Kier alpha value is -0.170. The summed E-state index contributed by atoms with van der Waals surface area (Å²) in [7, 11) is -1.62. The molecule has 0 heterocycles. The Kier molecular flexibility index (Phi) is 6.26. The highest BCUT2D eigenvalue weighted by Crippen LogP contribution is 2.23. The Morgan fingerprint density at radius 2 is 1.80 bits per heavy atom. The zero-order valence-corrected chi connectivity index (χ0v) is 13.4. The quantitative estimate of drug-likeness (QED) is 0.634. The number of nitrogens with zero attached hydrogens (tertiary/aromatic N) is 1. The van der Waals surface area contributed by atoms with Gasteiger partial charge in [0, 0.05) is 26.2 Å². The molecule has 0 amide bonds. The molecule has 0 bridgehead atoms. The molecular formula is C14H29N3O2S. The van der Waals surface area contributed by atoms with Crippen LogP contribution in [0.4, 0.5) is 0 Å². The minimum Gasteiger partial charge on any atom is -0.314 e. The van der Waals surface area contributed by atoms with E-state index < -0.39 is 10.2 Å². The molecule has 0 atom stereocenters. The lowest BCUT2D eigenvalue weighted by Crippen LogP contribution is -2.41. The topological polar surface area (TPSA) is 61.4 Å². The lowest BCUT2D eigenvalue weighted by molar-refractivity contribution is 0.352. The van der Waals surface area contributed by atoms with Crippen LogP contribution >= 0.6 is 0 Å². The SMILES string of the molecule is CN(CCCNC1CC1)S(=O)(=O)NCC1CCCCC1. The molecule has 2 aliphatic rings. The van der Waals surface area contributed by atoms with Gasteiger partial charge in [0.05, 0.1) is 0 Å². The third-order valence-electron chi connectivity index (χ3n) is 4.35. The summed E-state index contributed by atoms with van der Waals surface area (Å²) < 4.78 is 28.4. The summed E-state index contributed by atoms with van der Waals surface area (Å²) >= 11 is 0. The third-order valence-corrected chi connectivity index (χ3v) is 5.88. The summed E-state index contributed by atoms with van der Waals surface area (Å²) in [5.74, 6) is 0.531. The Labute approximate surface area is 123 Å². The van der Waals surface area contributed by atoms with Gasteiger partial charge in [0.1, 0.15) is 0 Å². The van der Waals surface area contributed by atoms with Crippen LogP contribution in [0.2, 0.25) is 0 Å². The van der Waals surface area contributed by atoms with E-state index in [9.17, 15) is 8.42 Å². The Balaban J connectivity index is 1.62. The molecule has 0 aromatic heterocycles. The summed E-state index contributed by atoms with van der Waals surface area (Å²) in [6, 6.07) is 0.696. The second-order valence-electron chi connectivity index (χ2n) is 6.26. The number of rotatable bonds is 9. The highest BCUT2D eigenvalue weighted by molar-refractivity contribution is 7.87. The van der Waals surface area contributed by atoms with E-state index in [1.807, 2.05) is 0 Å². The van der Waals surface area contributed by atoms with E-state index in [0.717, 1.165) is 25.8 Å². The molecule has 6 heteroatoms. The lowest BCUT2D eigenvalue weighted by Gasteiger charge is -2.24. The molecule has 0 unspecified atom stereocenters. The molecule has 0 aromatic rings. The first-order valence-electron chi connectivity index (χ1n) is 8.02. The fraction of sp³-hybridized carbons (Fsp3) is 1.00. The van der Waals surface area contributed by atoms with Crippen LogP contribution in [0, 0.1) is 5.92 Å². The van der Waals surface area contributed by atoms with Crippen molar-refractivity contribution in [3.63, 3.8) is 0 Å². The molecule has 0 radical (unpaired) electrons. The Morgan fingerprint density at radius 1 is 1.10 bits per heavy atom. The summed E-state index contributed by atoms with van der Waals surface area (Å²) in [4.78, 5) is 0. The molecule has 0 aromatic carbocycles. The minimum absolute atomic E-state index is 0.531. The number of hydrogen-bond acceptors (Lipinski definition) is 3. The van der Waals surface area contributed by atoms with Crippen molar-refractivity contribution in [3.8, 4) is 0 Å². The number of nitrogens with one attached hydrogen (secondary N) is 2. The zero-order valence-electron chi connectivity index (χ0n) is 12.6. The molecule has 2 rings (SSSR count). The van der Waals surface area contributed by atoms with Gasteiger partial charge in [0.25, 0.3) is 10.2 Å². The third kappa shape index (κ3) is 5.68.